The summed E-state index contributed by atoms with van der Waals surface area (Å²) in [6.07, 6.45) is 5.70. The summed E-state index contributed by atoms with van der Waals surface area (Å²) in [4.78, 5) is 0. The van der Waals surface area contributed by atoms with Crippen molar-refractivity contribution in [1.29, 1.82) is 0 Å². The first-order valence-electron chi connectivity index (χ1n) is 6.57. The lowest BCUT2D eigenvalue weighted by Crippen LogP contribution is -2.40. The van der Waals surface area contributed by atoms with Crippen molar-refractivity contribution in [2.75, 3.05) is 4.72 Å². The van der Waals surface area contributed by atoms with Crippen LogP contribution in [0.4, 0.5) is 5.69 Å². The highest BCUT2D eigenvalue weighted by molar-refractivity contribution is 7.90. The zero-order valence-corrected chi connectivity index (χ0v) is 11.7. The minimum absolute atomic E-state index is 0.0254. The summed E-state index contributed by atoms with van der Waals surface area (Å²) in [7, 11) is -3.48. The van der Waals surface area contributed by atoms with Crippen LogP contribution in [-0.2, 0) is 10.2 Å². The van der Waals surface area contributed by atoms with Gasteiger partial charge in [0.05, 0.1) is 0 Å². The second kappa shape index (κ2) is 6.21. The van der Waals surface area contributed by atoms with Crippen LogP contribution in [0.5, 0.6) is 0 Å². The van der Waals surface area contributed by atoms with E-state index in [1.807, 2.05) is 12.1 Å². The third-order valence-electron chi connectivity index (χ3n) is 3.45. The van der Waals surface area contributed by atoms with Gasteiger partial charge in [0.2, 0.25) is 0 Å². The Morgan fingerprint density at radius 2 is 1.74 bits per heavy atom. The van der Waals surface area contributed by atoms with Gasteiger partial charge in [-0.15, -0.1) is 6.58 Å². The monoisotopic (exact) mass is 280 g/mol. The third kappa shape index (κ3) is 4.36. The summed E-state index contributed by atoms with van der Waals surface area (Å²) in [5, 5.41) is 0. The molecule has 0 unspecified atom stereocenters. The molecule has 0 heterocycles. The van der Waals surface area contributed by atoms with Crippen molar-refractivity contribution >= 4 is 15.9 Å². The maximum atomic E-state index is 12.0. The van der Waals surface area contributed by atoms with E-state index in [0.29, 0.717) is 11.6 Å². The SMILES string of the molecule is C=CC1CCC(NS(=O)(=O)Nc2ccccc2)CC1. The van der Waals surface area contributed by atoms with Crippen molar-refractivity contribution in [1.82, 2.24) is 4.72 Å². The Balaban J connectivity index is 1.89. The van der Waals surface area contributed by atoms with Gasteiger partial charge in [0.25, 0.3) is 10.2 Å². The van der Waals surface area contributed by atoms with E-state index in [2.05, 4.69) is 16.0 Å². The van der Waals surface area contributed by atoms with Crippen LogP contribution >= 0.6 is 0 Å². The molecule has 1 aromatic carbocycles. The van der Waals surface area contributed by atoms with Gasteiger partial charge >= 0.3 is 0 Å². The normalized spacial score (nSPS) is 23.8. The summed E-state index contributed by atoms with van der Waals surface area (Å²) in [5.74, 6) is 0.530. The maximum absolute atomic E-state index is 12.0. The van der Waals surface area contributed by atoms with Crippen LogP contribution in [0.2, 0.25) is 0 Å². The fourth-order valence-corrected chi connectivity index (χ4v) is 3.56. The lowest BCUT2D eigenvalue weighted by Gasteiger charge is -2.27. The standard InChI is InChI=1S/C14H20N2O2S/c1-2-12-8-10-14(11-9-12)16-19(17,18)15-13-6-4-3-5-7-13/h2-7,12,14-16H,1,8-11H2. The molecule has 0 aliphatic heterocycles. The van der Waals surface area contributed by atoms with Gasteiger partial charge in [0.15, 0.2) is 0 Å². The number of hydrogen-bond acceptors (Lipinski definition) is 2. The Bertz CT molecular complexity index is 506. The molecule has 1 aromatic rings. The Morgan fingerprint density at radius 1 is 1.11 bits per heavy atom. The molecule has 0 radical (unpaired) electrons. The largest absolute Gasteiger partial charge is 0.299 e. The number of hydrogen-bond donors (Lipinski definition) is 2. The van der Waals surface area contributed by atoms with E-state index >= 15 is 0 Å². The molecular formula is C14H20N2O2S. The number of para-hydroxylation sites is 1. The molecule has 1 saturated carbocycles. The Morgan fingerprint density at radius 3 is 2.32 bits per heavy atom. The number of allylic oxidation sites excluding steroid dienone is 1. The van der Waals surface area contributed by atoms with Crippen molar-refractivity contribution in [3.05, 3.63) is 43.0 Å². The first kappa shape index (κ1) is 14.1. The average Bonchev–Trinajstić information content (AvgIpc) is 2.39. The van der Waals surface area contributed by atoms with Gasteiger partial charge in [-0.1, -0.05) is 24.3 Å². The van der Waals surface area contributed by atoms with Crippen LogP contribution in [-0.4, -0.2) is 14.5 Å². The van der Waals surface area contributed by atoms with Gasteiger partial charge in [-0.2, -0.15) is 13.1 Å². The van der Waals surface area contributed by atoms with E-state index in [-0.39, 0.29) is 6.04 Å². The molecule has 19 heavy (non-hydrogen) atoms. The molecule has 2 N–H and O–H groups in total. The molecule has 0 aromatic heterocycles. The second-order valence-corrected chi connectivity index (χ2v) is 6.38. The Hall–Kier alpha value is -1.33. The van der Waals surface area contributed by atoms with Crippen LogP contribution in [0.15, 0.2) is 43.0 Å². The number of nitrogens with one attached hydrogen (secondary N) is 2. The van der Waals surface area contributed by atoms with Gasteiger partial charge < -0.3 is 0 Å². The zero-order chi connectivity index (χ0) is 13.7. The van der Waals surface area contributed by atoms with Crippen LogP contribution in [0.1, 0.15) is 25.7 Å². The van der Waals surface area contributed by atoms with E-state index in [1.165, 1.54) is 0 Å². The molecule has 1 aliphatic carbocycles. The summed E-state index contributed by atoms with van der Waals surface area (Å²) in [5.41, 5.74) is 0.578. The first-order chi connectivity index (χ1) is 9.09. The van der Waals surface area contributed by atoms with Crippen molar-refractivity contribution < 1.29 is 8.42 Å². The van der Waals surface area contributed by atoms with Crippen LogP contribution in [0, 0.1) is 5.92 Å². The second-order valence-electron chi connectivity index (χ2n) is 4.94. The molecule has 1 aliphatic rings. The molecule has 4 nitrogen and oxygen atoms in total. The average molecular weight is 280 g/mol. The summed E-state index contributed by atoms with van der Waals surface area (Å²) in [6.45, 7) is 3.79. The van der Waals surface area contributed by atoms with Crippen molar-refractivity contribution in [3.8, 4) is 0 Å². The van der Waals surface area contributed by atoms with Crippen molar-refractivity contribution in [3.63, 3.8) is 0 Å². The molecule has 0 bridgehead atoms. The van der Waals surface area contributed by atoms with Crippen molar-refractivity contribution in [2.45, 2.75) is 31.7 Å². The lowest BCUT2D eigenvalue weighted by atomic mass is 9.87. The highest BCUT2D eigenvalue weighted by atomic mass is 32.2. The van der Waals surface area contributed by atoms with Crippen LogP contribution in [0.3, 0.4) is 0 Å². The van der Waals surface area contributed by atoms with Gasteiger partial charge in [-0.05, 0) is 43.7 Å². The van der Waals surface area contributed by atoms with E-state index < -0.39 is 10.2 Å². The molecular weight excluding hydrogens is 260 g/mol. The van der Waals surface area contributed by atoms with Gasteiger partial charge in [-0.3, -0.25) is 4.72 Å². The minimum atomic E-state index is -3.48. The quantitative estimate of drug-likeness (QED) is 0.815. The smallest absolute Gasteiger partial charge is 0.271 e. The number of rotatable bonds is 5. The van der Waals surface area contributed by atoms with E-state index in [0.717, 1.165) is 25.7 Å². The zero-order valence-electron chi connectivity index (χ0n) is 10.9. The van der Waals surface area contributed by atoms with Gasteiger partial charge in [-0.25, -0.2) is 0 Å². The van der Waals surface area contributed by atoms with E-state index in [4.69, 9.17) is 0 Å². The molecule has 1 fully saturated rings. The van der Waals surface area contributed by atoms with Gasteiger partial charge in [0.1, 0.15) is 0 Å². The third-order valence-corrected chi connectivity index (χ3v) is 4.60. The topological polar surface area (TPSA) is 58.2 Å². The predicted molar refractivity (Wildman–Crippen MR) is 78.1 cm³/mol. The number of benzene rings is 1. The van der Waals surface area contributed by atoms with Crippen LogP contribution < -0.4 is 9.44 Å². The highest BCUT2D eigenvalue weighted by Gasteiger charge is 2.23. The molecule has 0 saturated heterocycles. The molecule has 104 valence electrons. The van der Waals surface area contributed by atoms with Gasteiger partial charge in [0, 0.05) is 11.7 Å². The fourth-order valence-electron chi connectivity index (χ4n) is 2.38. The number of anilines is 1. The first-order valence-corrected chi connectivity index (χ1v) is 8.05. The predicted octanol–water partition coefficient (Wildman–Crippen LogP) is 2.68. The summed E-state index contributed by atoms with van der Waals surface area (Å²) < 4.78 is 29.2. The molecule has 5 heteroatoms. The van der Waals surface area contributed by atoms with E-state index in [9.17, 15) is 8.42 Å². The molecule has 2 rings (SSSR count). The minimum Gasteiger partial charge on any atom is -0.271 e. The summed E-state index contributed by atoms with van der Waals surface area (Å²) in [6, 6.07) is 8.93. The van der Waals surface area contributed by atoms with E-state index in [1.54, 1.807) is 24.3 Å². The fraction of sp³-hybridized carbons (Fsp3) is 0.429. The maximum Gasteiger partial charge on any atom is 0.299 e. The van der Waals surface area contributed by atoms with Crippen LogP contribution in [0.25, 0.3) is 0 Å². The lowest BCUT2D eigenvalue weighted by molar-refractivity contribution is 0.357. The molecule has 0 spiro atoms. The Labute approximate surface area is 115 Å². The molecule has 0 amide bonds. The molecule has 0 atom stereocenters. The van der Waals surface area contributed by atoms with Crippen molar-refractivity contribution in [2.24, 2.45) is 5.92 Å². The Kier molecular flexibility index (Phi) is 4.61. The highest BCUT2D eigenvalue weighted by Crippen LogP contribution is 2.25. The summed E-state index contributed by atoms with van der Waals surface area (Å²) >= 11 is 0.